The lowest BCUT2D eigenvalue weighted by Crippen LogP contribution is -2.52. The normalized spacial score (nSPS) is 29.6. The summed E-state index contributed by atoms with van der Waals surface area (Å²) in [5, 5.41) is 3.62. The van der Waals surface area contributed by atoms with Gasteiger partial charge >= 0.3 is 0 Å². The number of piperidine rings is 1. The Kier molecular flexibility index (Phi) is 4.65. The maximum absolute atomic E-state index is 3.62. The Hall–Kier alpha value is 0.650. The molecule has 1 saturated heterocycles. The van der Waals surface area contributed by atoms with E-state index in [1.54, 1.807) is 0 Å². The molecule has 3 heteroatoms. The molecule has 0 aromatic heterocycles. The van der Waals surface area contributed by atoms with Crippen molar-refractivity contribution in [1.82, 2.24) is 10.2 Å². The second-order valence-electron chi connectivity index (χ2n) is 5.27. The number of likely N-dealkylation sites (N-methyl/N-ethyl adjacent to an activating group) is 1. The molecule has 0 amide bonds. The predicted octanol–water partition coefficient (Wildman–Crippen LogP) is 2.27. The Morgan fingerprint density at radius 3 is 2.57 bits per heavy atom. The zero-order valence-electron chi connectivity index (χ0n) is 9.81. The molecule has 84 valence electrons. The van der Waals surface area contributed by atoms with Crippen molar-refractivity contribution in [1.29, 1.82) is 0 Å². The van der Waals surface area contributed by atoms with Gasteiger partial charge in [-0.15, -0.1) is 0 Å². The highest BCUT2D eigenvalue weighted by atomic mass is 127. The van der Waals surface area contributed by atoms with Gasteiger partial charge in [-0.05, 0) is 47.2 Å². The molecular weight excluding hydrogens is 287 g/mol. The number of nitrogens with one attached hydrogen (secondary N) is 1. The molecule has 1 heterocycles. The molecule has 0 aromatic rings. The van der Waals surface area contributed by atoms with Gasteiger partial charge in [-0.2, -0.15) is 0 Å². The molecule has 0 bridgehead atoms. The summed E-state index contributed by atoms with van der Waals surface area (Å²) in [7, 11) is 2.22. The van der Waals surface area contributed by atoms with Crippen LogP contribution in [0.1, 0.15) is 33.6 Å². The lowest BCUT2D eigenvalue weighted by atomic mass is 10.0. The van der Waals surface area contributed by atoms with E-state index >= 15 is 0 Å². The summed E-state index contributed by atoms with van der Waals surface area (Å²) in [6.45, 7) is 9.19. The molecule has 1 aliphatic rings. The Balaban J connectivity index is 2.42. The van der Waals surface area contributed by atoms with E-state index in [0.29, 0.717) is 6.04 Å². The molecule has 2 nitrogen and oxygen atoms in total. The minimum absolute atomic E-state index is 0.287. The lowest BCUT2D eigenvalue weighted by Gasteiger charge is -2.38. The zero-order valence-corrected chi connectivity index (χ0v) is 12.0. The molecule has 0 unspecified atom stereocenters. The average Bonchev–Trinajstić information content (AvgIpc) is 2.07. The smallest absolute Gasteiger partial charge is 0.0312 e. The first kappa shape index (κ1) is 12.7. The number of hydrogen-bond acceptors (Lipinski definition) is 2. The van der Waals surface area contributed by atoms with Crippen molar-refractivity contribution in [2.75, 3.05) is 20.1 Å². The van der Waals surface area contributed by atoms with Gasteiger partial charge in [0.05, 0.1) is 0 Å². The van der Waals surface area contributed by atoms with Crippen LogP contribution in [0.4, 0.5) is 0 Å². The van der Waals surface area contributed by atoms with Gasteiger partial charge < -0.3 is 5.32 Å². The van der Waals surface area contributed by atoms with Gasteiger partial charge in [-0.1, -0.05) is 22.6 Å². The molecule has 1 N–H and O–H groups in total. The summed E-state index contributed by atoms with van der Waals surface area (Å²) in [6.07, 6.45) is 2.71. The first-order valence-electron chi connectivity index (χ1n) is 5.50. The maximum atomic E-state index is 3.62. The van der Waals surface area contributed by atoms with Gasteiger partial charge in [0, 0.05) is 22.1 Å². The fourth-order valence-corrected chi connectivity index (χ4v) is 2.58. The molecule has 14 heavy (non-hydrogen) atoms. The largest absolute Gasteiger partial charge is 0.312 e. The third-order valence-corrected chi connectivity index (χ3v) is 4.61. The van der Waals surface area contributed by atoms with Crippen molar-refractivity contribution in [3.63, 3.8) is 0 Å². The molecule has 1 aliphatic heterocycles. The fourth-order valence-electron chi connectivity index (χ4n) is 1.66. The summed E-state index contributed by atoms with van der Waals surface area (Å²) in [4.78, 5) is 2.45. The quantitative estimate of drug-likeness (QED) is 0.622. The van der Waals surface area contributed by atoms with Crippen LogP contribution in [0.3, 0.4) is 0 Å². The van der Waals surface area contributed by atoms with Gasteiger partial charge in [0.2, 0.25) is 0 Å². The number of alkyl halides is 1. The Morgan fingerprint density at radius 1 is 1.43 bits per heavy atom. The average molecular weight is 310 g/mol. The van der Waals surface area contributed by atoms with Crippen LogP contribution in [0, 0.1) is 0 Å². The highest BCUT2D eigenvalue weighted by Crippen LogP contribution is 2.20. The highest BCUT2D eigenvalue weighted by molar-refractivity contribution is 14.1. The van der Waals surface area contributed by atoms with E-state index in [-0.39, 0.29) is 5.54 Å². The molecular formula is C11H23IN2. The maximum Gasteiger partial charge on any atom is 0.0312 e. The van der Waals surface area contributed by atoms with Gasteiger partial charge in [-0.25, -0.2) is 0 Å². The highest BCUT2D eigenvalue weighted by Gasteiger charge is 2.26. The van der Waals surface area contributed by atoms with E-state index in [4.69, 9.17) is 0 Å². The summed E-state index contributed by atoms with van der Waals surface area (Å²) in [5.41, 5.74) is 0.287. The number of rotatable bonds is 2. The van der Waals surface area contributed by atoms with Crippen molar-refractivity contribution < 1.29 is 0 Å². The van der Waals surface area contributed by atoms with E-state index in [0.717, 1.165) is 10.5 Å². The minimum atomic E-state index is 0.287. The van der Waals surface area contributed by atoms with Gasteiger partial charge in [-0.3, -0.25) is 4.90 Å². The van der Waals surface area contributed by atoms with E-state index in [9.17, 15) is 0 Å². The first-order valence-corrected chi connectivity index (χ1v) is 6.74. The Bertz CT molecular complexity index is 177. The first-order chi connectivity index (χ1) is 6.41. The summed E-state index contributed by atoms with van der Waals surface area (Å²) >= 11 is 2.59. The number of hydrogen-bond donors (Lipinski definition) is 1. The summed E-state index contributed by atoms with van der Waals surface area (Å²) in [6, 6.07) is 0.675. The molecule has 0 aliphatic carbocycles. The van der Waals surface area contributed by atoms with Crippen LogP contribution in [0.15, 0.2) is 0 Å². The molecule has 0 spiro atoms. The molecule has 1 rings (SSSR count). The van der Waals surface area contributed by atoms with Crippen molar-refractivity contribution in [3.05, 3.63) is 0 Å². The second kappa shape index (κ2) is 5.12. The zero-order chi connectivity index (χ0) is 10.8. The van der Waals surface area contributed by atoms with Crippen LogP contribution in [0.2, 0.25) is 0 Å². The third-order valence-electron chi connectivity index (χ3n) is 3.12. The van der Waals surface area contributed by atoms with Crippen molar-refractivity contribution in [2.24, 2.45) is 0 Å². The van der Waals surface area contributed by atoms with E-state index < -0.39 is 0 Å². The SMILES string of the molecule is CN(C[C@H]1NCCC[C@@H]1I)C(C)(C)C. The van der Waals surface area contributed by atoms with E-state index in [1.807, 2.05) is 0 Å². The summed E-state index contributed by atoms with van der Waals surface area (Å²) in [5.74, 6) is 0. The van der Waals surface area contributed by atoms with Crippen LogP contribution in [0.5, 0.6) is 0 Å². The van der Waals surface area contributed by atoms with Crippen LogP contribution >= 0.6 is 22.6 Å². The second-order valence-corrected chi connectivity index (χ2v) is 6.87. The van der Waals surface area contributed by atoms with Gasteiger partial charge in [0.1, 0.15) is 0 Å². The number of nitrogens with zero attached hydrogens (tertiary/aromatic N) is 1. The van der Waals surface area contributed by atoms with Crippen LogP contribution in [-0.2, 0) is 0 Å². The molecule has 2 atom stereocenters. The van der Waals surface area contributed by atoms with E-state index in [2.05, 4.69) is 60.6 Å². The van der Waals surface area contributed by atoms with Crippen LogP contribution in [-0.4, -0.2) is 40.5 Å². The standard InChI is InChI=1S/C11H23IN2/c1-11(2,3)14(4)8-10-9(12)6-5-7-13-10/h9-10,13H,5-8H2,1-4H3/t9-,10+/m0/s1. The summed E-state index contributed by atoms with van der Waals surface area (Å²) < 4.78 is 0.797. The van der Waals surface area contributed by atoms with Crippen LogP contribution in [0.25, 0.3) is 0 Å². The van der Waals surface area contributed by atoms with Gasteiger partial charge in [0.15, 0.2) is 0 Å². The third kappa shape index (κ3) is 3.66. The van der Waals surface area contributed by atoms with Gasteiger partial charge in [0.25, 0.3) is 0 Å². The Morgan fingerprint density at radius 2 is 2.07 bits per heavy atom. The Labute approximate surface area is 102 Å². The fraction of sp³-hybridized carbons (Fsp3) is 1.00. The molecule has 0 aromatic carbocycles. The number of halogens is 1. The van der Waals surface area contributed by atoms with Crippen molar-refractivity contribution >= 4 is 22.6 Å². The van der Waals surface area contributed by atoms with Crippen molar-refractivity contribution in [3.8, 4) is 0 Å². The predicted molar refractivity (Wildman–Crippen MR) is 71.2 cm³/mol. The van der Waals surface area contributed by atoms with Crippen LogP contribution < -0.4 is 5.32 Å². The molecule has 1 fully saturated rings. The lowest BCUT2D eigenvalue weighted by molar-refractivity contribution is 0.152. The van der Waals surface area contributed by atoms with E-state index in [1.165, 1.54) is 19.4 Å². The molecule has 0 radical (unpaired) electrons. The monoisotopic (exact) mass is 310 g/mol. The van der Waals surface area contributed by atoms with Crippen molar-refractivity contribution in [2.45, 2.75) is 49.1 Å². The topological polar surface area (TPSA) is 15.3 Å². The molecule has 0 saturated carbocycles. The minimum Gasteiger partial charge on any atom is -0.312 e.